The highest BCUT2D eigenvalue weighted by molar-refractivity contribution is 6.40. The standard InChI is InChI=1S/C60H40N4O/c1-6-22-41(23-7-1)61(42-24-8-2-9-25-42)45-38-46(40-48(39-45)65-47-30-14-5-15-31-47)64-54-37-21-18-34-51(54)57-59-55(49-32-16-19-35-52(49)62(59)43-26-10-3-11-27-43)58-56(60(57)64)50-33-17-20-36-53(50)63(58)44-28-12-4-13-29-44/h1-40H. The van der Waals surface area contributed by atoms with Gasteiger partial charge in [0.25, 0.3) is 0 Å². The largest absolute Gasteiger partial charge is 0.457 e. The molecule has 5 nitrogen and oxygen atoms in total. The Balaban J connectivity index is 1.26. The van der Waals surface area contributed by atoms with E-state index in [2.05, 4.69) is 231 Å². The first kappa shape index (κ1) is 36.8. The number of anilines is 3. The summed E-state index contributed by atoms with van der Waals surface area (Å²) in [6, 6.07) is 86.4. The molecule has 13 rings (SSSR count). The average molecular weight is 833 g/mol. The number of rotatable bonds is 8. The number of nitrogens with zero attached hydrogens (tertiary/aromatic N) is 4. The molecule has 10 aromatic carbocycles. The summed E-state index contributed by atoms with van der Waals surface area (Å²) in [6.07, 6.45) is 0. The first-order chi connectivity index (χ1) is 32.3. The van der Waals surface area contributed by atoms with E-state index < -0.39 is 0 Å². The van der Waals surface area contributed by atoms with Gasteiger partial charge >= 0.3 is 0 Å². The van der Waals surface area contributed by atoms with Crippen molar-refractivity contribution in [1.29, 1.82) is 0 Å². The summed E-state index contributed by atoms with van der Waals surface area (Å²) in [5.74, 6) is 1.50. The van der Waals surface area contributed by atoms with Crippen molar-refractivity contribution >= 4 is 82.5 Å². The lowest BCUT2D eigenvalue weighted by Gasteiger charge is -2.27. The van der Waals surface area contributed by atoms with E-state index in [4.69, 9.17) is 4.74 Å². The number of aromatic nitrogens is 3. The maximum absolute atomic E-state index is 6.86. The van der Waals surface area contributed by atoms with Crippen molar-refractivity contribution in [3.05, 3.63) is 243 Å². The lowest BCUT2D eigenvalue weighted by atomic mass is 10.0. The van der Waals surface area contributed by atoms with Crippen LogP contribution in [0.25, 0.3) is 82.5 Å². The van der Waals surface area contributed by atoms with Crippen LogP contribution in [0.5, 0.6) is 11.5 Å². The summed E-state index contributed by atoms with van der Waals surface area (Å²) in [5, 5.41) is 7.17. The van der Waals surface area contributed by atoms with E-state index in [0.29, 0.717) is 0 Å². The molecular formula is C60H40N4O. The fourth-order valence-corrected chi connectivity index (χ4v) is 10.2. The van der Waals surface area contributed by atoms with E-state index in [1.165, 1.54) is 43.4 Å². The molecule has 0 aliphatic heterocycles. The Morgan fingerprint density at radius 2 is 0.631 bits per heavy atom. The van der Waals surface area contributed by atoms with E-state index in [1.807, 2.05) is 30.3 Å². The maximum Gasteiger partial charge on any atom is 0.131 e. The van der Waals surface area contributed by atoms with E-state index in [-0.39, 0.29) is 0 Å². The molecule has 3 heterocycles. The maximum atomic E-state index is 6.86. The van der Waals surface area contributed by atoms with Gasteiger partial charge in [0.15, 0.2) is 0 Å². The highest BCUT2D eigenvalue weighted by Crippen LogP contribution is 2.51. The number of benzene rings is 10. The van der Waals surface area contributed by atoms with Gasteiger partial charge in [-0.2, -0.15) is 0 Å². The van der Waals surface area contributed by atoms with Gasteiger partial charge in [0.1, 0.15) is 11.5 Å². The van der Waals surface area contributed by atoms with Crippen molar-refractivity contribution in [3.63, 3.8) is 0 Å². The van der Waals surface area contributed by atoms with Gasteiger partial charge in [-0.25, -0.2) is 0 Å². The van der Waals surface area contributed by atoms with Crippen LogP contribution in [-0.4, -0.2) is 13.7 Å². The van der Waals surface area contributed by atoms with Crippen LogP contribution in [0.2, 0.25) is 0 Å². The molecule has 5 heteroatoms. The number of hydrogen-bond donors (Lipinski definition) is 0. The van der Waals surface area contributed by atoms with Crippen LogP contribution in [0.1, 0.15) is 0 Å². The van der Waals surface area contributed by atoms with Crippen molar-refractivity contribution in [2.24, 2.45) is 0 Å². The normalized spacial score (nSPS) is 11.7. The van der Waals surface area contributed by atoms with E-state index in [9.17, 15) is 0 Å². The Labute approximate surface area is 375 Å². The molecule has 0 N–H and O–H groups in total. The zero-order valence-corrected chi connectivity index (χ0v) is 35.3. The number of hydrogen-bond acceptors (Lipinski definition) is 2. The second-order valence-corrected chi connectivity index (χ2v) is 16.5. The van der Waals surface area contributed by atoms with Crippen molar-refractivity contribution in [2.75, 3.05) is 4.90 Å². The summed E-state index contributed by atoms with van der Waals surface area (Å²) in [4.78, 5) is 2.32. The molecule has 0 amide bonds. The third-order valence-corrected chi connectivity index (χ3v) is 12.8. The molecule has 13 aromatic rings. The third-order valence-electron chi connectivity index (χ3n) is 12.8. The molecule has 3 aromatic heterocycles. The van der Waals surface area contributed by atoms with E-state index in [1.54, 1.807) is 0 Å². The monoisotopic (exact) mass is 832 g/mol. The molecule has 0 saturated carbocycles. The highest BCUT2D eigenvalue weighted by Gasteiger charge is 2.29. The fraction of sp³-hybridized carbons (Fsp3) is 0. The number of fused-ring (bicyclic) bond motifs is 12. The summed E-state index contributed by atoms with van der Waals surface area (Å²) >= 11 is 0. The fourth-order valence-electron chi connectivity index (χ4n) is 10.2. The van der Waals surface area contributed by atoms with E-state index >= 15 is 0 Å². The van der Waals surface area contributed by atoms with Crippen LogP contribution in [-0.2, 0) is 0 Å². The van der Waals surface area contributed by atoms with Crippen LogP contribution in [0.3, 0.4) is 0 Å². The zero-order chi connectivity index (χ0) is 42.8. The molecule has 65 heavy (non-hydrogen) atoms. The van der Waals surface area contributed by atoms with Gasteiger partial charge in [0.05, 0.1) is 44.5 Å². The van der Waals surface area contributed by atoms with Crippen molar-refractivity contribution in [3.8, 4) is 28.6 Å². The Bertz CT molecular complexity index is 3780. The SMILES string of the molecule is c1ccc(Oc2cc(N(c3ccccc3)c3ccccc3)cc(-n3c4ccccc4c4c5c(c6ccccc6n5-c5ccccc5)c5c(c6ccccc6n5-c5ccccc5)c43)c2)cc1. The molecule has 0 spiro atoms. The summed E-state index contributed by atoms with van der Waals surface area (Å²) in [7, 11) is 0. The minimum Gasteiger partial charge on any atom is -0.457 e. The number of para-hydroxylation sites is 8. The molecule has 0 radical (unpaired) electrons. The lowest BCUT2D eigenvalue weighted by molar-refractivity contribution is 0.482. The average Bonchev–Trinajstić information content (AvgIpc) is 4.02. The first-order valence-electron chi connectivity index (χ1n) is 22.1. The van der Waals surface area contributed by atoms with Crippen molar-refractivity contribution < 1.29 is 4.74 Å². The van der Waals surface area contributed by atoms with Crippen LogP contribution in [0.15, 0.2) is 243 Å². The Kier molecular flexibility index (Phi) is 8.46. The Morgan fingerprint density at radius 1 is 0.277 bits per heavy atom. The predicted molar refractivity (Wildman–Crippen MR) is 271 cm³/mol. The topological polar surface area (TPSA) is 27.3 Å². The Hall–Kier alpha value is -8.80. The molecule has 306 valence electrons. The lowest BCUT2D eigenvalue weighted by Crippen LogP contribution is -2.10. The minimum absolute atomic E-state index is 0.730. The highest BCUT2D eigenvalue weighted by atomic mass is 16.5. The van der Waals surface area contributed by atoms with Crippen LogP contribution in [0, 0.1) is 0 Å². The van der Waals surface area contributed by atoms with Gasteiger partial charge < -0.3 is 23.3 Å². The van der Waals surface area contributed by atoms with Gasteiger partial charge in [-0.05, 0) is 84.9 Å². The molecule has 0 saturated heterocycles. The zero-order valence-electron chi connectivity index (χ0n) is 35.3. The van der Waals surface area contributed by atoms with Crippen molar-refractivity contribution in [1.82, 2.24) is 13.7 Å². The van der Waals surface area contributed by atoms with E-state index in [0.717, 1.165) is 67.7 Å². The molecule has 0 unspecified atom stereocenters. The Morgan fingerprint density at radius 3 is 1.06 bits per heavy atom. The van der Waals surface area contributed by atoms with Gasteiger partial charge in [0, 0.05) is 67.2 Å². The molecule has 0 atom stereocenters. The summed E-state index contributed by atoms with van der Waals surface area (Å²) in [5.41, 5.74) is 13.2. The van der Waals surface area contributed by atoms with Gasteiger partial charge in [0.2, 0.25) is 0 Å². The van der Waals surface area contributed by atoms with Crippen LogP contribution >= 0.6 is 0 Å². The third kappa shape index (κ3) is 5.79. The smallest absolute Gasteiger partial charge is 0.131 e. The van der Waals surface area contributed by atoms with Gasteiger partial charge in [-0.3, -0.25) is 0 Å². The molecule has 0 fully saturated rings. The van der Waals surface area contributed by atoms with Gasteiger partial charge in [-0.15, -0.1) is 0 Å². The molecule has 0 bridgehead atoms. The van der Waals surface area contributed by atoms with Crippen molar-refractivity contribution in [2.45, 2.75) is 0 Å². The summed E-state index contributed by atoms with van der Waals surface area (Å²) in [6.45, 7) is 0. The molecule has 0 aliphatic rings. The predicted octanol–water partition coefficient (Wildman–Crippen LogP) is 16.2. The molecular weight excluding hydrogens is 793 g/mol. The second-order valence-electron chi connectivity index (χ2n) is 16.5. The van der Waals surface area contributed by atoms with Crippen LogP contribution in [0.4, 0.5) is 17.1 Å². The quantitative estimate of drug-likeness (QED) is 0.153. The van der Waals surface area contributed by atoms with Crippen LogP contribution < -0.4 is 9.64 Å². The first-order valence-corrected chi connectivity index (χ1v) is 22.1. The molecule has 0 aliphatic carbocycles. The number of ether oxygens (including phenoxy) is 1. The minimum atomic E-state index is 0.730. The van der Waals surface area contributed by atoms with Gasteiger partial charge in [-0.1, -0.05) is 146 Å². The summed E-state index contributed by atoms with van der Waals surface area (Å²) < 4.78 is 14.3. The second kappa shape index (κ2) is 14.9.